The third kappa shape index (κ3) is 4.55. The summed E-state index contributed by atoms with van der Waals surface area (Å²) in [6, 6.07) is 10.7. The Labute approximate surface area is 176 Å². The van der Waals surface area contributed by atoms with Crippen LogP contribution in [0.1, 0.15) is 41.9 Å². The number of amides is 1. The number of carbonyl (C=O) groups excluding carboxylic acids is 1. The van der Waals surface area contributed by atoms with Gasteiger partial charge in [-0.1, -0.05) is 12.1 Å². The lowest BCUT2D eigenvalue weighted by Gasteiger charge is -2.34. The highest BCUT2D eigenvalue weighted by Crippen LogP contribution is 2.31. The molecule has 2 atom stereocenters. The van der Waals surface area contributed by atoms with Crippen molar-refractivity contribution in [3.63, 3.8) is 0 Å². The fourth-order valence-corrected chi connectivity index (χ4v) is 6.09. The third-order valence-electron chi connectivity index (χ3n) is 5.26. The Morgan fingerprint density at radius 1 is 1.17 bits per heavy atom. The van der Waals surface area contributed by atoms with Crippen LogP contribution in [-0.2, 0) is 21.3 Å². The maximum Gasteiger partial charge on any atom is 0.254 e. The van der Waals surface area contributed by atoms with Gasteiger partial charge in [0.2, 0.25) is 10.0 Å². The fourth-order valence-electron chi connectivity index (χ4n) is 3.75. The van der Waals surface area contributed by atoms with E-state index in [9.17, 15) is 13.2 Å². The molecule has 1 aliphatic heterocycles. The normalized spacial score (nSPS) is 23.1. The van der Waals surface area contributed by atoms with Gasteiger partial charge in [0.15, 0.2) is 0 Å². The molecule has 0 radical (unpaired) electrons. The minimum atomic E-state index is -3.68. The predicted molar refractivity (Wildman–Crippen MR) is 112 cm³/mol. The van der Waals surface area contributed by atoms with Crippen molar-refractivity contribution in [1.82, 2.24) is 9.21 Å². The maximum atomic E-state index is 13.2. The van der Waals surface area contributed by atoms with Crippen LogP contribution in [0, 0.1) is 0 Å². The number of hydrogen-bond donors (Lipinski definition) is 0. The average molecular weight is 435 g/mol. The van der Waals surface area contributed by atoms with E-state index in [0.29, 0.717) is 25.2 Å². The SMILES string of the molecule is CC1CN(S(=O)(=O)c2cccc(C(=O)N(Cc3cccs3)C3CC3)c2)CC(C)O1. The van der Waals surface area contributed by atoms with E-state index in [1.54, 1.807) is 29.5 Å². The molecule has 2 heterocycles. The van der Waals surface area contributed by atoms with Crippen LogP contribution >= 0.6 is 11.3 Å². The summed E-state index contributed by atoms with van der Waals surface area (Å²) >= 11 is 1.63. The van der Waals surface area contributed by atoms with Crippen LogP contribution < -0.4 is 0 Å². The number of rotatable bonds is 6. The molecule has 8 heteroatoms. The van der Waals surface area contributed by atoms with Gasteiger partial charge in [0.05, 0.1) is 23.6 Å². The standard InChI is InChI=1S/C21H26N2O4S2/c1-15-12-22(13-16(2)27-15)29(25,26)20-7-3-5-17(11-20)21(24)23(18-8-9-18)14-19-6-4-10-28-19/h3-7,10-11,15-16,18H,8-9,12-14H2,1-2H3. The van der Waals surface area contributed by atoms with Crippen LogP contribution in [0.4, 0.5) is 0 Å². The van der Waals surface area contributed by atoms with Crippen molar-refractivity contribution in [2.75, 3.05) is 13.1 Å². The number of ether oxygens (including phenoxy) is 1. The second-order valence-electron chi connectivity index (χ2n) is 7.85. The summed E-state index contributed by atoms with van der Waals surface area (Å²) in [6.07, 6.45) is 1.68. The zero-order valence-corrected chi connectivity index (χ0v) is 18.3. The monoisotopic (exact) mass is 434 g/mol. The molecule has 2 aromatic rings. The minimum Gasteiger partial charge on any atom is -0.373 e. The summed E-state index contributed by atoms with van der Waals surface area (Å²) in [5.74, 6) is -0.110. The highest BCUT2D eigenvalue weighted by Gasteiger charge is 2.35. The molecular formula is C21H26N2O4S2. The van der Waals surface area contributed by atoms with E-state index >= 15 is 0 Å². The van der Waals surface area contributed by atoms with Crippen molar-refractivity contribution >= 4 is 27.3 Å². The highest BCUT2D eigenvalue weighted by atomic mass is 32.2. The average Bonchev–Trinajstić information content (AvgIpc) is 3.40. The lowest BCUT2D eigenvalue weighted by Crippen LogP contribution is -2.48. The van der Waals surface area contributed by atoms with Gasteiger partial charge < -0.3 is 9.64 Å². The first-order valence-corrected chi connectivity index (χ1v) is 12.3. The van der Waals surface area contributed by atoms with Crippen molar-refractivity contribution in [2.24, 2.45) is 0 Å². The molecule has 2 unspecified atom stereocenters. The number of hydrogen-bond acceptors (Lipinski definition) is 5. The van der Waals surface area contributed by atoms with E-state index in [1.807, 2.05) is 36.3 Å². The quantitative estimate of drug-likeness (QED) is 0.699. The summed E-state index contributed by atoms with van der Waals surface area (Å²) in [5, 5.41) is 2.00. The topological polar surface area (TPSA) is 66.9 Å². The Morgan fingerprint density at radius 2 is 1.90 bits per heavy atom. The van der Waals surface area contributed by atoms with Gasteiger partial charge in [-0.3, -0.25) is 4.79 Å². The summed E-state index contributed by atoms with van der Waals surface area (Å²) in [6.45, 7) is 4.94. The summed E-state index contributed by atoms with van der Waals surface area (Å²) in [5.41, 5.74) is 0.420. The number of sulfonamides is 1. The van der Waals surface area contributed by atoms with Gasteiger partial charge in [-0.25, -0.2) is 8.42 Å². The van der Waals surface area contributed by atoms with E-state index < -0.39 is 10.0 Å². The summed E-state index contributed by atoms with van der Waals surface area (Å²) < 4.78 is 33.5. The van der Waals surface area contributed by atoms with Crippen LogP contribution in [0.25, 0.3) is 0 Å². The lowest BCUT2D eigenvalue weighted by molar-refractivity contribution is -0.0440. The molecule has 0 spiro atoms. The predicted octanol–water partition coefficient (Wildman–Crippen LogP) is 3.35. The first kappa shape index (κ1) is 20.5. The molecule has 6 nitrogen and oxygen atoms in total. The maximum absolute atomic E-state index is 13.2. The molecule has 4 rings (SSSR count). The molecule has 1 aliphatic carbocycles. The number of carbonyl (C=O) groups is 1. The first-order chi connectivity index (χ1) is 13.8. The van der Waals surface area contributed by atoms with Gasteiger partial charge in [-0.2, -0.15) is 4.31 Å². The zero-order valence-electron chi connectivity index (χ0n) is 16.7. The molecule has 1 aromatic heterocycles. The minimum absolute atomic E-state index is 0.110. The van der Waals surface area contributed by atoms with Crippen molar-refractivity contribution in [2.45, 2.75) is 56.4 Å². The highest BCUT2D eigenvalue weighted by molar-refractivity contribution is 7.89. The summed E-state index contributed by atoms with van der Waals surface area (Å²) in [4.78, 5) is 16.4. The van der Waals surface area contributed by atoms with Crippen LogP contribution in [0.5, 0.6) is 0 Å². The zero-order chi connectivity index (χ0) is 20.6. The van der Waals surface area contributed by atoms with E-state index in [2.05, 4.69) is 0 Å². The van der Waals surface area contributed by atoms with Gasteiger partial charge >= 0.3 is 0 Å². The lowest BCUT2D eigenvalue weighted by atomic mass is 10.2. The van der Waals surface area contributed by atoms with Gasteiger partial charge in [0.25, 0.3) is 5.91 Å². The molecule has 0 N–H and O–H groups in total. The molecule has 0 bridgehead atoms. The van der Waals surface area contributed by atoms with E-state index in [1.165, 1.54) is 10.4 Å². The molecule has 156 valence electrons. The molecular weight excluding hydrogens is 408 g/mol. The number of morpholine rings is 1. The molecule has 1 aromatic carbocycles. The Bertz CT molecular complexity index is 960. The Kier molecular flexibility index (Phi) is 5.79. The second-order valence-corrected chi connectivity index (χ2v) is 10.8. The van der Waals surface area contributed by atoms with Gasteiger partial charge in [-0.15, -0.1) is 11.3 Å². The van der Waals surface area contributed by atoms with Crippen LogP contribution in [0.15, 0.2) is 46.7 Å². The Hall–Kier alpha value is -1.74. The smallest absolute Gasteiger partial charge is 0.254 e. The van der Waals surface area contributed by atoms with Gasteiger partial charge in [0, 0.05) is 29.6 Å². The van der Waals surface area contributed by atoms with Crippen LogP contribution in [0.2, 0.25) is 0 Å². The molecule has 2 aliphatic rings. The molecule has 29 heavy (non-hydrogen) atoms. The van der Waals surface area contributed by atoms with Crippen molar-refractivity contribution < 1.29 is 17.9 Å². The second kappa shape index (κ2) is 8.18. The van der Waals surface area contributed by atoms with Crippen molar-refractivity contribution in [3.05, 3.63) is 52.2 Å². The third-order valence-corrected chi connectivity index (χ3v) is 7.95. The van der Waals surface area contributed by atoms with E-state index in [-0.39, 0.29) is 29.1 Å². The van der Waals surface area contributed by atoms with Crippen LogP contribution in [-0.4, -0.2) is 54.9 Å². The number of benzene rings is 1. The van der Waals surface area contributed by atoms with Crippen molar-refractivity contribution in [1.29, 1.82) is 0 Å². The largest absolute Gasteiger partial charge is 0.373 e. The number of thiophene rings is 1. The molecule has 1 saturated heterocycles. The van der Waals surface area contributed by atoms with Crippen LogP contribution in [0.3, 0.4) is 0 Å². The Morgan fingerprint density at radius 3 is 2.52 bits per heavy atom. The number of nitrogens with zero attached hydrogens (tertiary/aromatic N) is 2. The first-order valence-electron chi connectivity index (χ1n) is 9.93. The van der Waals surface area contributed by atoms with Crippen molar-refractivity contribution in [3.8, 4) is 0 Å². The molecule has 1 saturated carbocycles. The van der Waals surface area contributed by atoms with Gasteiger partial charge in [0.1, 0.15) is 0 Å². The molecule has 1 amide bonds. The Balaban J connectivity index is 1.58. The fraction of sp³-hybridized carbons (Fsp3) is 0.476. The van der Waals surface area contributed by atoms with E-state index in [4.69, 9.17) is 4.74 Å². The molecule has 2 fully saturated rings. The summed E-state index contributed by atoms with van der Waals surface area (Å²) in [7, 11) is -3.68. The van der Waals surface area contributed by atoms with Gasteiger partial charge in [-0.05, 0) is 56.3 Å². The van der Waals surface area contributed by atoms with E-state index in [0.717, 1.165) is 17.7 Å².